The monoisotopic (exact) mass is 271 g/mol. The summed E-state index contributed by atoms with van der Waals surface area (Å²) in [4.78, 5) is 1.85. The van der Waals surface area contributed by atoms with E-state index in [1.54, 1.807) is 0 Å². The molecule has 1 aromatic carbocycles. The zero-order valence-electron chi connectivity index (χ0n) is 11.0. The van der Waals surface area contributed by atoms with E-state index in [2.05, 4.69) is 0 Å². The summed E-state index contributed by atoms with van der Waals surface area (Å²) < 4.78 is 31.6. The molecule has 1 aliphatic heterocycles. The third kappa shape index (κ3) is 3.96. The van der Waals surface area contributed by atoms with E-state index in [1.807, 2.05) is 11.9 Å². The van der Waals surface area contributed by atoms with E-state index in [0.717, 1.165) is 6.07 Å². The van der Waals surface area contributed by atoms with Gasteiger partial charge in [0, 0.05) is 50.8 Å². The van der Waals surface area contributed by atoms with Gasteiger partial charge in [0.2, 0.25) is 0 Å². The molecule has 1 fully saturated rings. The highest BCUT2D eigenvalue weighted by molar-refractivity contribution is 5.18. The van der Waals surface area contributed by atoms with Crippen molar-refractivity contribution in [2.45, 2.75) is 25.0 Å². The summed E-state index contributed by atoms with van der Waals surface area (Å²) in [7, 11) is 1.82. The molecule has 0 atom stereocenters. The number of likely N-dealkylation sites (N-methyl/N-ethyl adjacent to an activating group) is 1. The first-order valence-corrected chi connectivity index (χ1v) is 6.41. The Morgan fingerprint density at radius 3 is 2.63 bits per heavy atom. The van der Waals surface area contributed by atoms with Crippen LogP contribution in [0, 0.1) is 11.6 Å². The van der Waals surface area contributed by atoms with Gasteiger partial charge in [-0.3, -0.25) is 4.90 Å². The van der Waals surface area contributed by atoms with Crippen LogP contribution in [0.4, 0.5) is 8.78 Å². The molecule has 0 radical (unpaired) electrons. The van der Waals surface area contributed by atoms with Gasteiger partial charge in [0.05, 0.1) is 5.60 Å². The van der Waals surface area contributed by atoms with Gasteiger partial charge in [-0.25, -0.2) is 8.78 Å². The van der Waals surface area contributed by atoms with Crippen LogP contribution in [0.25, 0.3) is 0 Å². The standard InChI is InChI=1S/C14H19F2NO2/c1-17(10-14(18)4-6-19-7-5-14)9-11-2-3-12(15)8-13(11)16/h2-3,8,18H,4-7,9-10H2,1H3. The van der Waals surface area contributed by atoms with E-state index in [1.165, 1.54) is 12.1 Å². The minimum Gasteiger partial charge on any atom is -0.388 e. The van der Waals surface area contributed by atoms with Gasteiger partial charge in [0.1, 0.15) is 11.6 Å². The lowest BCUT2D eigenvalue weighted by molar-refractivity contribution is -0.0778. The fourth-order valence-electron chi connectivity index (χ4n) is 2.41. The highest BCUT2D eigenvalue weighted by atomic mass is 19.1. The summed E-state index contributed by atoms with van der Waals surface area (Å²) in [5.41, 5.74) is -0.344. The van der Waals surface area contributed by atoms with E-state index in [-0.39, 0.29) is 0 Å². The maximum Gasteiger partial charge on any atom is 0.130 e. The Morgan fingerprint density at radius 1 is 1.32 bits per heavy atom. The van der Waals surface area contributed by atoms with Crippen LogP contribution in [0.2, 0.25) is 0 Å². The Balaban J connectivity index is 1.95. The van der Waals surface area contributed by atoms with E-state index in [9.17, 15) is 13.9 Å². The van der Waals surface area contributed by atoms with Crippen LogP contribution >= 0.6 is 0 Å². The van der Waals surface area contributed by atoms with Gasteiger partial charge < -0.3 is 9.84 Å². The predicted octanol–water partition coefficient (Wildman–Crippen LogP) is 1.94. The van der Waals surface area contributed by atoms with Crippen molar-refractivity contribution in [3.05, 3.63) is 35.4 Å². The minimum absolute atomic E-state index is 0.343. The van der Waals surface area contributed by atoms with Crippen molar-refractivity contribution in [1.29, 1.82) is 0 Å². The Hall–Kier alpha value is -1.04. The second-order valence-corrected chi connectivity index (χ2v) is 5.24. The largest absolute Gasteiger partial charge is 0.388 e. The summed E-state index contributed by atoms with van der Waals surface area (Å²) in [5, 5.41) is 10.4. The van der Waals surface area contributed by atoms with Crippen molar-refractivity contribution in [2.75, 3.05) is 26.8 Å². The van der Waals surface area contributed by atoms with Crippen LogP contribution < -0.4 is 0 Å². The summed E-state index contributed by atoms with van der Waals surface area (Å²) in [5.74, 6) is -1.13. The number of halogens is 2. The molecule has 0 aliphatic carbocycles. The third-order valence-corrected chi connectivity index (χ3v) is 3.44. The zero-order chi connectivity index (χ0) is 13.9. The molecule has 0 unspecified atom stereocenters. The molecule has 1 saturated heterocycles. The van der Waals surface area contributed by atoms with Gasteiger partial charge >= 0.3 is 0 Å². The lowest BCUT2D eigenvalue weighted by atomic mass is 9.94. The van der Waals surface area contributed by atoms with Crippen molar-refractivity contribution in [1.82, 2.24) is 4.90 Å². The van der Waals surface area contributed by atoms with Crippen molar-refractivity contribution >= 4 is 0 Å². The molecule has 1 aliphatic rings. The van der Waals surface area contributed by atoms with Gasteiger partial charge in [-0.2, -0.15) is 0 Å². The zero-order valence-corrected chi connectivity index (χ0v) is 11.0. The van der Waals surface area contributed by atoms with E-state index in [4.69, 9.17) is 4.74 Å². The van der Waals surface area contributed by atoms with E-state index < -0.39 is 17.2 Å². The molecule has 106 valence electrons. The maximum atomic E-state index is 13.5. The van der Waals surface area contributed by atoms with Crippen molar-refractivity contribution in [3.8, 4) is 0 Å². The maximum absolute atomic E-state index is 13.5. The minimum atomic E-state index is -0.774. The highest BCUT2D eigenvalue weighted by Crippen LogP contribution is 2.22. The molecule has 1 N–H and O–H groups in total. The van der Waals surface area contributed by atoms with Gasteiger partial charge in [0.25, 0.3) is 0 Å². The summed E-state index contributed by atoms with van der Waals surface area (Å²) >= 11 is 0. The quantitative estimate of drug-likeness (QED) is 0.908. The number of hydrogen-bond donors (Lipinski definition) is 1. The molecule has 0 bridgehead atoms. The van der Waals surface area contributed by atoms with Crippen molar-refractivity contribution < 1.29 is 18.6 Å². The summed E-state index contributed by atoms with van der Waals surface area (Å²) in [6.45, 7) is 1.90. The van der Waals surface area contributed by atoms with Gasteiger partial charge in [-0.05, 0) is 13.1 Å². The molecule has 2 rings (SSSR count). The van der Waals surface area contributed by atoms with Gasteiger partial charge in [-0.1, -0.05) is 6.07 Å². The number of aliphatic hydroxyl groups is 1. The fourth-order valence-corrected chi connectivity index (χ4v) is 2.41. The smallest absolute Gasteiger partial charge is 0.130 e. The molecule has 5 heteroatoms. The number of benzene rings is 1. The average molecular weight is 271 g/mol. The molecular weight excluding hydrogens is 252 g/mol. The van der Waals surface area contributed by atoms with Crippen LogP contribution in [0.5, 0.6) is 0 Å². The second-order valence-electron chi connectivity index (χ2n) is 5.24. The lowest BCUT2D eigenvalue weighted by Crippen LogP contribution is -2.45. The summed E-state index contributed by atoms with van der Waals surface area (Å²) in [6, 6.07) is 3.57. The van der Waals surface area contributed by atoms with Crippen molar-refractivity contribution in [2.24, 2.45) is 0 Å². The number of ether oxygens (including phenoxy) is 1. The van der Waals surface area contributed by atoms with Gasteiger partial charge in [0.15, 0.2) is 0 Å². The first-order chi connectivity index (χ1) is 8.98. The first-order valence-electron chi connectivity index (χ1n) is 6.41. The molecule has 3 nitrogen and oxygen atoms in total. The Morgan fingerprint density at radius 2 is 2.00 bits per heavy atom. The topological polar surface area (TPSA) is 32.7 Å². The molecule has 1 heterocycles. The van der Waals surface area contributed by atoms with Crippen LogP contribution in [-0.2, 0) is 11.3 Å². The predicted molar refractivity (Wildman–Crippen MR) is 67.7 cm³/mol. The molecular formula is C14H19F2NO2. The van der Waals surface area contributed by atoms with Gasteiger partial charge in [-0.15, -0.1) is 0 Å². The van der Waals surface area contributed by atoms with Crippen LogP contribution in [0.15, 0.2) is 18.2 Å². The fraction of sp³-hybridized carbons (Fsp3) is 0.571. The molecule has 0 saturated carbocycles. The third-order valence-electron chi connectivity index (χ3n) is 3.44. The van der Waals surface area contributed by atoms with Crippen LogP contribution in [0.3, 0.4) is 0 Å². The number of hydrogen-bond acceptors (Lipinski definition) is 3. The SMILES string of the molecule is CN(Cc1ccc(F)cc1F)CC1(O)CCOCC1. The molecule has 1 aromatic rings. The van der Waals surface area contributed by atoms with Crippen molar-refractivity contribution in [3.63, 3.8) is 0 Å². The molecule has 19 heavy (non-hydrogen) atoms. The molecule has 0 spiro atoms. The first kappa shape index (κ1) is 14.4. The van der Waals surface area contributed by atoms with E-state index in [0.29, 0.717) is 44.7 Å². The Kier molecular flexibility index (Phi) is 4.50. The lowest BCUT2D eigenvalue weighted by Gasteiger charge is -2.35. The number of nitrogens with zero attached hydrogens (tertiary/aromatic N) is 1. The second kappa shape index (κ2) is 5.94. The Bertz CT molecular complexity index is 433. The number of rotatable bonds is 4. The normalized spacial score (nSPS) is 18.8. The average Bonchev–Trinajstić information content (AvgIpc) is 2.33. The Labute approximate surface area is 111 Å². The van der Waals surface area contributed by atoms with E-state index >= 15 is 0 Å². The summed E-state index contributed by atoms with van der Waals surface area (Å²) in [6.07, 6.45) is 1.17. The molecule has 0 aromatic heterocycles. The van der Waals surface area contributed by atoms with Crippen LogP contribution in [0.1, 0.15) is 18.4 Å². The molecule has 0 amide bonds. The van der Waals surface area contributed by atoms with Crippen LogP contribution in [-0.4, -0.2) is 42.4 Å². The highest BCUT2D eigenvalue weighted by Gasteiger charge is 2.31.